The second-order valence-electron chi connectivity index (χ2n) is 9.79. The summed E-state index contributed by atoms with van der Waals surface area (Å²) >= 11 is 0. The van der Waals surface area contributed by atoms with Crippen molar-refractivity contribution in [2.45, 2.75) is 55.9 Å². The Labute approximate surface area is 331 Å². The molecule has 0 atom stereocenters. The van der Waals surface area contributed by atoms with Crippen molar-refractivity contribution in [3.8, 4) is 46.0 Å². The Kier molecular flexibility index (Phi) is 33.3. The monoisotopic (exact) mass is 788 g/mol. The van der Waals surface area contributed by atoms with E-state index in [-0.39, 0.29) is 49.4 Å². The third-order valence-electron chi connectivity index (χ3n) is 5.97. The Balaban J connectivity index is -0.000000307. The van der Waals surface area contributed by atoms with Crippen molar-refractivity contribution in [3.05, 3.63) is 95.1 Å². The van der Waals surface area contributed by atoms with Crippen LogP contribution in [0.5, 0.6) is 46.0 Å². The minimum Gasteiger partial charge on any atom is -0.504 e. The van der Waals surface area contributed by atoms with Crippen molar-refractivity contribution in [1.29, 1.82) is 0 Å². The first-order valence-corrected chi connectivity index (χ1v) is 16.5. The van der Waals surface area contributed by atoms with E-state index in [2.05, 4.69) is 18.6 Å². The number of rotatable bonds is 9. The lowest BCUT2D eigenvalue weighted by molar-refractivity contribution is 0.0524. The lowest BCUT2D eigenvalue weighted by Gasteiger charge is -2.05. The van der Waals surface area contributed by atoms with Gasteiger partial charge < -0.3 is 48.8 Å². The molecule has 4 N–H and O–H groups in total. The number of phenolic OH excluding ortho intramolecular Hbond substituents is 4. The summed E-state index contributed by atoms with van der Waals surface area (Å²) in [5.41, 5.74) is 1.68. The van der Waals surface area contributed by atoms with Gasteiger partial charge in [-0.15, -0.1) is 0 Å². The Morgan fingerprint density at radius 3 is 1.07 bits per heavy atom. The number of carbonyl (C=O) groups excluding carboxylic acids is 4. The minimum atomic E-state index is -0.460. The highest BCUT2D eigenvalue weighted by Gasteiger charge is 2.10. The molecule has 0 saturated carbocycles. The van der Waals surface area contributed by atoms with Crippen LogP contribution in [-0.4, -0.2) is 87.1 Å². The summed E-state index contributed by atoms with van der Waals surface area (Å²) < 4.78 is 28.5. The zero-order chi connectivity index (χ0) is 41.6. The second kappa shape index (κ2) is 33.2. The molecular formula is C42H60O14. The fourth-order valence-corrected chi connectivity index (χ4v) is 3.48. The number of aromatic hydroxyl groups is 4. The SMILES string of the molecule is C.C.CC.CCC.CCOC(=O)c1ccc(O)c(OC)c1.COC(=O)c1ccc(O)c(OC)c1.COc1cc(C=O)ccc1O.COc1cc(C=O)ccc1O. The molecule has 312 valence electrons. The van der Waals surface area contributed by atoms with E-state index in [1.165, 1.54) is 115 Å². The van der Waals surface area contributed by atoms with Gasteiger partial charge in [0.2, 0.25) is 0 Å². The zero-order valence-corrected chi connectivity index (χ0v) is 32.4. The first kappa shape index (κ1) is 56.3. The fraction of sp³-hybridized carbons (Fsp3) is 0.333. The highest BCUT2D eigenvalue weighted by Crippen LogP contribution is 2.28. The number of carbonyl (C=O) groups is 4. The average molecular weight is 789 g/mol. The van der Waals surface area contributed by atoms with Crippen molar-refractivity contribution in [2.75, 3.05) is 42.2 Å². The van der Waals surface area contributed by atoms with Crippen LogP contribution in [0.3, 0.4) is 0 Å². The highest BCUT2D eigenvalue weighted by molar-refractivity contribution is 5.90. The van der Waals surface area contributed by atoms with Gasteiger partial charge in [0.05, 0.1) is 53.3 Å². The van der Waals surface area contributed by atoms with Gasteiger partial charge >= 0.3 is 11.9 Å². The first-order valence-electron chi connectivity index (χ1n) is 16.5. The van der Waals surface area contributed by atoms with Crippen LogP contribution >= 0.6 is 0 Å². The third-order valence-corrected chi connectivity index (χ3v) is 5.97. The van der Waals surface area contributed by atoms with E-state index in [4.69, 9.17) is 33.9 Å². The van der Waals surface area contributed by atoms with Gasteiger partial charge in [-0.05, 0) is 79.7 Å². The second-order valence-corrected chi connectivity index (χ2v) is 9.79. The summed E-state index contributed by atoms with van der Waals surface area (Å²) in [5.74, 6) is 0.332. The quantitative estimate of drug-likeness (QED) is 0.0924. The van der Waals surface area contributed by atoms with Crippen LogP contribution in [0.2, 0.25) is 0 Å². The molecule has 0 amide bonds. The number of aldehydes is 2. The maximum atomic E-state index is 11.3. The maximum Gasteiger partial charge on any atom is 0.338 e. The summed E-state index contributed by atoms with van der Waals surface area (Å²) in [7, 11) is 7.00. The van der Waals surface area contributed by atoms with E-state index >= 15 is 0 Å². The van der Waals surface area contributed by atoms with E-state index in [1.807, 2.05) is 13.8 Å². The van der Waals surface area contributed by atoms with Gasteiger partial charge in [0, 0.05) is 11.1 Å². The standard InChI is InChI=1S/C10H12O4.C9H10O4.2C8H8O3.C3H8.C2H6.2CH4/c1-3-14-10(12)7-4-5-8(11)9(6-7)13-2;1-12-8-5-6(9(11)13-2)3-4-7(8)10;2*1-11-8-4-6(5-9)2-3-7(8)10;1-3-2;1-2;;/h4-6,11H,3H2,1-2H3;3-5,10H,1-2H3;2*2-5,10H,1H3;3H2,1-2H3;1-2H3;2*1H4. The summed E-state index contributed by atoms with van der Waals surface area (Å²) in [6.45, 7) is 10.3. The van der Waals surface area contributed by atoms with Gasteiger partial charge in [0.15, 0.2) is 46.0 Å². The summed E-state index contributed by atoms with van der Waals surface area (Å²) in [6, 6.07) is 17.4. The minimum absolute atomic E-state index is 0. The Hall–Kier alpha value is -6.44. The van der Waals surface area contributed by atoms with E-state index in [0.717, 1.165) is 0 Å². The number of hydrogen-bond donors (Lipinski definition) is 4. The number of esters is 2. The Bertz CT molecular complexity index is 1650. The van der Waals surface area contributed by atoms with Crippen LogP contribution < -0.4 is 18.9 Å². The van der Waals surface area contributed by atoms with Crippen molar-refractivity contribution in [3.63, 3.8) is 0 Å². The zero-order valence-electron chi connectivity index (χ0n) is 32.4. The van der Waals surface area contributed by atoms with Crippen LogP contribution in [0, 0.1) is 0 Å². The largest absolute Gasteiger partial charge is 0.504 e. The predicted molar refractivity (Wildman–Crippen MR) is 217 cm³/mol. The fourth-order valence-electron chi connectivity index (χ4n) is 3.48. The van der Waals surface area contributed by atoms with Crippen molar-refractivity contribution in [1.82, 2.24) is 0 Å². The third kappa shape index (κ3) is 20.7. The molecule has 0 saturated heterocycles. The molecule has 14 nitrogen and oxygen atoms in total. The molecule has 0 unspecified atom stereocenters. The van der Waals surface area contributed by atoms with Crippen LogP contribution in [0.4, 0.5) is 0 Å². The van der Waals surface area contributed by atoms with Gasteiger partial charge in [-0.1, -0.05) is 49.0 Å². The summed E-state index contributed by atoms with van der Waals surface area (Å²) in [4.78, 5) is 42.8. The van der Waals surface area contributed by atoms with Crippen LogP contribution in [0.25, 0.3) is 0 Å². The average Bonchev–Trinajstić information content (AvgIpc) is 3.20. The molecule has 4 rings (SSSR count). The molecule has 0 aliphatic heterocycles. The molecule has 14 heteroatoms. The topological polar surface area (TPSA) is 205 Å². The molecule has 0 aliphatic carbocycles. The lowest BCUT2D eigenvalue weighted by Crippen LogP contribution is -2.04. The lowest BCUT2D eigenvalue weighted by atomic mass is 10.2. The number of ether oxygens (including phenoxy) is 6. The predicted octanol–water partition coefficient (Wildman–Crippen LogP) is 8.91. The molecule has 0 spiro atoms. The molecule has 0 fully saturated rings. The molecule has 4 aromatic carbocycles. The highest BCUT2D eigenvalue weighted by atomic mass is 16.5. The van der Waals surface area contributed by atoms with Gasteiger partial charge in [-0.2, -0.15) is 0 Å². The van der Waals surface area contributed by atoms with Gasteiger partial charge in [-0.25, -0.2) is 9.59 Å². The van der Waals surface area contributed by atoms with Gasteiger partial charge in [0.1, 0.15) is 12.6 Å². The van der Waals surface area contributed by atoms with Crippen molar-refractivity contribution >= 4 is 24.5 Å². The molecule has 0 bridgehead atoms. The van der Waals surface area contributed by atoms with E-state index in [1.54, 1.807) is 6.92 Å². The van der Waals surface area contributed by atoms with Crippen LogP contribution in [0.15, 0.2) is 72.8 Å². The molecule has 0 radical (unpaired) electrons. The molecule has 0 heterocycles. The normalized spacial score (nSPS) is 8.61. The van der Waals surface area contributed by atoms with E-state index < -0.39 is 11.9 Å². The van der Waals surface area contributed by atoms with Crippen molar-refractivity contribution < 1.29 is 68.0 Å². The Morgan fingerprint density at radius 2 is 0.804 bits per heavy atom. The molecule has 0 aliphatic rings. The number of methoxy groups -OCH3 is 5. The van der Waals surface area contributed by atoms with E-state index in [0.29, 0.717) is 52.9 Å². The van der Waals surface area contributed by atoms with Gasteiger partial charge in [0.25, 0.3) is 0 Å². The van der Waals surface area contributed by atoms with Crippen molar-refractivity contribution in [2.24, 2.45) is 0 Å². The number of phenols is 4. The summed E-state index contributed by atoms with van der Waals surface area (Å²) in [5, 5.41) is 36.7. The first-order chi connectivity index (χ1) is 25.8. The molecule has 4 aromatic rings. The van der Waals surface area contributed by atoms with Gasteiger partial charge in [-0.3, -0.25) is 9.59 Å². The number of hydrogen-bond acceptors (Lipinski definition) is 14. The van der Waals surface area contributed by atoms with E-state index in [9.17, 15) is 29.4 Å². The molecule has 0 aromatic heterocycles. The summed E-state index contributed by atoms with van der Waals surface area (Å²) in [6.07, 6.45) is 2.64. The maximum absolute atomic E-state index is 11.3. The molecular weight excluding hydrogens is 728 g/mol. The number of benzene rings is 4. The van der Waals surface area contributed by atoms with Crippen LogP contribution in [0.1, 0.15) is 97.3 Å². The smallest absolute Gasteiger partial charge is 0.338 e. The van der Waals surface area contributed by atoms with Crippen LogP contribution in [-0.2, 0) is 9.47 Å². The molecule has 56 heavy (non-hydrogen) atoms. The Morgan fingerprint density at radius 1 is 0.518 bits per heavy atom.